The van der Waals surface area contributed by atoms with Crippen LogP contribution in [0.15, 0.2) is 60.8 Å². The molecule has 1 amide bonds. The van der Waals surface area contributed by atoms with Crippen LogP contribution in [0.5, 0.6) is 0 Å². The van der Waals surface area contributed by atoms with Crippen molar-refractivity contribution in [2.24, 2.45) is 0 Å². The second kappa shape index (κ2) is 7.78. The molecule has 0 aliphatic heterocycles. The number of fused-ring (bicyclic) bond motifs is 1. The summed E-state index contributed by atoms with van der Waals surface area (Å²) in [7, 11) is 0. The van der Waals surface area contributed by atoms with Gasteiger partial charge in [-0.2, -0.15) is 0 Å². The van der Waals surface area contributed by atoms with Gasteiger partial charge in [0.15, 0.2) is 12.3 Å². The molecule has 26 heavy (non-hydrogen) atoms. The van der Waals surface area contributed by atoms with Gasteiger partial charge in [0, 0.05) is 17.3 Å². The molecule has 0 atom stereocenters. The van der Waals surface area contributed by atoms with E-state index in [1.165, 1.54) is 5.56 Å². The number of amides is 1. The van der Waals surface area contributed by atoms with E-state index < -0.39 is 11.9 Å². The van der Waals surface area contributed by atoms with Crippen molar-refractivity contribution in [3.05, 3.63) is 72.1 Å². The van der Waals surface area contributed by atoms with Gasteiger partial charge in [-0.25, -0.2) is 9.78 Å². The molecule has 1 aromatic heterocycles. The SMILES string of the molecule is CC(C)c1ccc(NC(=O)COC(=O)c2nccc3ccccc23)cc1. The Hall–Kier alpha value is -3.21. The number of hydrogen-bond donors (Lipinski definition) is 1. The van der Waals surface area contributed by atoms with Crippen LogP contribution in [0.2, 0.25) is 0 Å². The van der Waals surface area contributed by atoms with Crippen LogP contribution in [0.3, 0.4) is 0 Å². The molecule has 0 fully saturated rings. The second-order valence-corrected chi connectivity index (χ2v) is 6.28. The third-order valence-corrected chi connectivity index (χ3v) is 4.06. The lowest BCUT2D eigenvalue weighted by Gasteiger charge is -2.09. The monoisotopic (exact) mass is 348 g/mol. The number of hydrogen-bond acceptors (Lipinski definition) is 4. The van der Waals surface area contributed by atoms with E-state index >= 15 is 0 Å². The number of nitrogens with one attached hydrogen (secondary N) is 1. The van der Waals surface area contributed by atoms with Gasteiger partial charge in [-0.15, -0.1) is 0 Å². The van der Waals surface area contributed by atoms with Crippen LogP contribution in [-0.2, 0) is 9.53 Å². The fourth-order valence-electron chi connectivity index (χ4n) is 2.63. The molecule has 0 bridgehead atoms. The van der Waals surface area contributed by atoms with Crippen molar-refractivity contribution in [3.8, 4) is 0 Å². The van der Waals surface area contributed by atoms with Crippen molar-refractivity contribution in [3.63, 3.8) is 0 Å². The number of nitrogens with zero attached hydrogens (tertiary/aromatic N) is 1. The number of aromatic nitrogens is 1. The number of carbonyl (C=O) groups is 2. The first-order valence-electron chi connectivity index (χ1n) is 8.45. The maximum atomic E-state index is 12.3. The van der Waals surface area contributed by atoms with Gasteiger partial charge in [-0.05, 0) is 35.1 Å². The molecule has 2 aromatic carbocycles. The molecule has 0 saturated carbocycles. The van der Waals surface area contributed by atoms with Crippen molar-refractivity contribution in [1.82, 2.24) is 4.98 Å². The highest BCUT2D eigenvalue weighted by atomic mass is 16.5. The molecule has 0 unspecified atom stereocenters. The molecule has 1 N–H and O–H groups in total. The van der Waals surface area contributed by atoms with E-state index in [1.54, 1.807) is 12.3 Å². The number of esters is 1. The topological polar surface area (TPSA) is 68.3 Å². The predicted octanol–water partition coefficient (Wildman–Crippen LogP) is 4.15. The van der Waals surface area contributed by atoms with Gasteiger partial charge < -0.3 is 10.1 Å². The van der Waals surface area contributed by atoms with E-state index in [4.69, 9.17) is 4.74 Å². The minimum atomic E-state index is -0.618. The van der Waals surface area contributed by atoms with Crippen molar-refractivity contribution < 1.29 is 14.3 Å². The third kappa shape index (κ3) is 4.06. The Kier molecular flexibility index (Phi) is 5.27. The Balaban J connectivity index is 1.61. The molecule has 1 heterocycles. The molecule has 0 aliphatic rings. The molecule has 0 saturated heterocycles. The first-order chi connectivity index (χ1) is 12.5. The van der Waals surface area contributed by atoms with Crippen LogP contribution in [0.4, 0.5) is 5.69 Å². The van der Waals surface area contributed by atoms with Crippen molar-refractivity contribution >= 4 is 28.3 Å². The number of carbonyl (C=O) groups excluding carboxylic acids is 2. The maximum absolute atomic E-state index is 12.3. The average Bonchev–Trinajstić information content (AvgIpc) is 2.66. The summed E-state index contributed by atoms with van der Waals surface area (Å²) in [5.74, 6) is -0.586. The summed E-state index contributed by atoms with van der Waals surface area (Å²) in [5.41, 5.74) is 2.06. The first-order valence-corrected chi connectivity index (χ1v) is 8.45. The van der Waals surface area contributed by atoms with Crippen molar-refractivity contribution in [2.75, 3.05) is 11.9 Å². The van der Waals surface area contributed by atoms with Crippen LogP contribution < -0.4 is 5.32 Å². The Morgan fingerprint density at radius 1 is 1.04 bits per heavy atom. The highest BCUT2D eigenvalue weighted by Gasteiger charge is 2.15. The van der Waals surface area contributed by atoms with Gasteiger partial charge in [0.2, 0.25) is 0 Å². The fraction of sp³-hybridized carbons (Fsp3) is 0.190. The quantitative estimate of drug-likeness (QED) is 0.703. The van der Waals surface area contributed by atoms with Gasteiger partial charge in [-0.1, -0.05) is 50.2 Å². The smallest absolute Gasteiger partial charge is 0.358 e. The van der Waals surface area contributed by atoms with Crippen LogP contribution in [-0.4, -0.2) is 23.5 Å². The van der Waals surface area contributed by atoms with Crippen LogP contribution >= 0.6 is 0 Å². The van der Waals surface area contributed by atoms with Gasteiger partial charge >= 0.3 is 5.97 Å². The summed E-state index contributed by atoms with van der Waals surface area (Å²) in [6, 6.07) is 16.8. The van der Waals surface area contributed by atoms with Gasteiger partial charge in [0.1, 0.15) is 0 Å². The minimum absolute atomic E-state index is 0.206. The van der Waals surface area contributed by atoms with E-state index in [9.17, 15) is 9.59 Å². The molecule has 3 rings (SSSR count). The van der Waals surface area contributed by atoms with E-state index in [1.807, 2.05) is 48.5 Å². The van der Waals surface area contributed by atoms with Gasteiger partial charge in [-0.3, -0.25) is 4.79 Å². The summed E-state index contributed by atoms with van der Waals surface area (Å²) in [5, 5.41) is 4.31. The number of anilines is 1. The Morgan fingerprint density at radius 3 is 2.50 bits per heavy atom. The number of pyridine rings is 1. The molecule has 5 nitrogen and oxygen atoms in total. The van der Waals surface area contributed by atoms with E-state index in [-0.39, 0.29) is 12.3 Å². The third-order valence-electron chi connectivity index (χ3n) is 4.06. The lowest BCUT2D eigenvalue weighted by Crippen LogP contribution is -2.21. The summed E-state index contributed by atoms with van der Waals surface area (Å²) < 4.78 is 5.12. The standard InChI is InChI=1S/C21H20N2O3/c1-14(2)15-7-9-17(10-8-15)23-19(24)13-26-21(25)20-18-6-4-3-5-16(18)11-12-22-20/h3-12,14H,13H2,1-2H3,(H,23,24). The van der Waals surface area contributed by atoms with E-state index in [0.29, 0.717) is 17.0 Å². The second-order valence-electron chi connectivity index (χ2n) is 6.28. The largest absolute Gasteiger partial charge is 0.451 e. The van der Waals surface area contributed by atoms with E-state index in [0.717, 1.165) is 5.39 Å². The van der Waals surface area contributed by atoms with E-state index in [2.05, 4.69) is 24.1 Å². The minimum Gasteiger partial charge on any atom is -0.451 e. The van der Waals surface area contributed by atoms with Gasteiger partial charge in [0.05, 0.1) is 0 Å². The molecular weight excluding hydrogens is 328 g/mol. The highest BCUT2D eigenvalue weighted by Crippen LogP contribution is 2.18. The number of rotatable bonds is 5. The molecule has 3 aromatic rings. The number of benzene rings is 2. The van der Waals surface area contributed by atoms with Gasteiger partial charge in [0.25, 0.3) is 5.91 Å². The molecule has 5 heteroatoms. The van der Waals surface area contributed by atoms with Crippen LogP contribution in [0.1, 0.15) is 35.8 Å². The maximum Gasteiger partial charge on any atom is 0.358 e. The zero-order valence-corrected chi connectivity index (χ0v) is 14.7. The zero-order chi connectivity index (χ0) is 18.5. The van der Waals surface area contributed by atoms with Crippen LogP contribution in [0.25, 0.3) is 10.8 Å². The Labute approximate surface area is 152 Å². The first kappa shape index (κ1) is 17.6. The molecule has 0 spiro atoms. The fourth-order valence-corrected chi connectivity index (χ4v) is 2.63. The van der Waals surface area contributed by atoms with Crippen LogP contribution in [0, 0.1) is 0 Å². The summed E-state index contributed by atoms with van der Waals surface area (Å²) >= 11 is 0. The summed E-state index contributed by atoms with van der Waals surface area (Å²) in [6.07, 6.45) is 1.55. The Morgan fingerprint density at radius 2 is 1.77 bits per heavy atom. The highest BCUT2D eigenvalue weighted by molar-refractivity contribution is 6.03. The average molecular weight is 348 g/mol. The van der Waals surface area contributed by atoms with Crippen molar-refractivity contribution in [1.29, 1.82) is 0 Å². The van der Waals surface area contributed by atoms with Crippen molar-refractivity contribution in [2.45, 2.75) is 19.8 Å². The Bertz CT molecular complexity index is 928. The predicted molar refractivity (Wildman–Crippen MR) is 101 cm³/mol. The molecule has 0 radical (unpaired) electrons. The summed E-state index contributed by atoms with van der Waals surface area (Å²) in [6.45, 7) is 3.85. The number of ether oxygens (including phenoxy) is 1. The summed E-state index contributed by atoms with van der Waals surface area (Å²) in [4.78, 5) is 28.4. The molecule has 0 aliphatic carbocycles. The molecule has 132 valence electrons. The molecular formula is C21H20N2O3. The lowest BCUT2D eigenvalue weighted by molar-refractivity contribution is -0.119. The lowest BCUT2D eigenvalue weighted by atomic mass is 10.0. The normalized spacial score (nSPS) is 10.7. The zero-order valence-electron chi connectivity index (χ0n) is 14.7.